The Kier molecular flexibility index (Phi) is 5.16. The average molecular weight is 387 g/mol. The Morgan fingerprint density at radius 2 is 1.82 bits per heavy atom. The van der Waals surface area contributed by atoms with E-state index in [1.54, 1.807) is 0 Å². The fraction of sp³-hybridized carbons (Fsp3) is 0.176. The van der Waals surface area contributed by atoms with E-state index >= 15 is 0 Å². The topological polar surface area (TPSA) is 151 Å². The summed E-state index contributed by atoms with van der Waals surface area (Å²) >= 11 is 0. The number of esters is 1. The minimum Gasteiger partial charge on any atom is -0.478 e. The maximum absolute atomic E-state index is 12.1. The normalized spacial score (nSPS) is 15.0. The third-order valence-corrected chi connectivity index (χ3v) is 3.90. The van der Waals surface area contributed by atoms with E-state index in [0.29, 0.717) is 5.69 Å². The van der Waals surface area contributed by atoms with Gasteiger partial charge in [0.2, 0.25) is 0 Å². The van der Waals surface area contributed by atoms with Gasteiger partial charge in [-0.15, -0.1) is 0 Å². The number of fused-ring (bicyclic) bond motifs is 1. The van der Waals surface area contributed by atoms with Gasteiger partial charge >= 0.3 is 5.97 Å². The smallest absolute Gasteiger partial charge is 0.338 e. The summed E-state index contributed by atoms with van der Waals surface area (Å²) in [5.41, 5.74) is -0.127. The van der Waals surface area contributed by atoms with Gasteiger partial charge < -0.3 is 14.8 Å². The second-order valence-corrected chi connectivity index (χ2v) is 5.77. The zero-order chi connectivity index (χ0) is 20.3. The third kappa shape index (κ3) is 4.03. The molecule has 0 aromatic heterocycles. The molecule has 0 fully saturated rings. The number of amides is 1. The molecule has 11 heteroatoms. The summed E-state index contributed by atoms with van der Waals surface area (Å²) in [6.45, 7) is -0.191. The number of nitro benzene ring substituents is 2. The molecule has 0 aliphatic carbocycles. The van der Waals surface area contributed by atoms with Gasteiger partial charge in [0.05, 0.1) is 33.8 Å². The maximum atomic E-state index is 12.1. The number of rotatable bonds is 6. The van der Waals surface area contributed by atoms with Gasteiger partial charge in [0.1, 0.15) is 0 Å². The van der Waals surface area contributed by atoms with Crippen molar-refractivity contribution >= 4 is 28.9 Å². The van der Waals surface area contributed by atoms with Gasteiger partial charge in [-0.05, 0) is 12.1 Å². The number of nitro groups is 2. The second kappa shape index (κ2) is 7.70. The fourth-order valence-electron chi connectivity index (χ4n) is 2.52. The van der Waals surface area contributed by atoms with Crippen LogP contribution in [0.5, 0.6) is 5.75 Å². The fourth-order valence-corrected chi connectivity index (χ4v) is 2.52. The van der Waals surface area contributed by atoms with E-state index in [-0.39, 0.29) is 35.7 Å². The lowest BCUT2D eigenvalue weighted by atomic mass is 10.1. The average Bonchev–Trinajstić information content (AvgIpc) is 2.67. The van der Waals surface area contributed by atoms with Crippen molar-refractivity contribution in [3.8, 4) is 5.75 Å². The van der Waals surface area contributed by atoms with Gasteiger partial charge in [-0.3, -0.25) is 25.0 Å². The SMILES string of the molecule is O=C(OCCC1Oc2cc([N+](=O)[O-])ccc2NC1=O)c1cccc([N+](=O)[O-])c1. The lowest BCUT2D eigenvalue weighted by Gasteiger charge is -2.25. The highest BCUT2D eigenvalue weighted by Crippen LogP contribution is 2.33. The molecule has 144 valence electrons. The van der Waals surface area contributed by atoms with Gasteiger partial charge in [-0.1, -0.05) is 6.07 Å². The highest BCUT2D eigenvalue weighted by Gasteiger charge is 2.29. The van der Waals surface area contributed by atoms with Crippen molar-refractivity contribution in [2.24, 2.45) is 0 Å². The molecular weight excluding hydrogens is 374 g/mol. The van der Waals surface area contributed by atoms with Crippen molar-refractivity contribution in [1.82, 2.24) is 0 Å². The number of benzene rings is 2. The van der Waals surface area contributed by atoms with Gasteiger partial charge in [-0.25, -0.2) is 4.79 Å². The Labute approximate surface area is 157 Å². The lowest BCUT2D eigenvalue weighted by molar-refractivity contribution is -0.385. The molecule has 1 atom stereocenters. The van der Waals surface area contributed by atoms with Crippen molar-refractivity contribution in [3.63, 3.8) is 0 Å². The highest BCUT2D eigenvalue weighted by atomic mass is 16.6. The number of ether oxygens (including phenoxy) is 2. The van der Waals surface area contributed by atoms with Crippen LogP contribution < -0.4 is 10.1 Å². The summed E-state index contributed by atoms with van der Waals surface area (Å²) in [5, 5.41) is 24.2. The molecule has 0 saturated carbocycles. The predicted molar refractivity (Wildman–Crippen MR) is 94.1 cm³/mol. The molecule has 1 amide bonds. The monoisotopic (exact) mass is 387 g/mol. The van der Waals surface area contributed by atoms with Crippen molar-refractivity contribution in [1.29, 1.82) is 0 Å². The van der Waals surface area contributed by atoms with E-state index in [1.807, 2.05) is 0 Å². The summed E-state index contributed by atoms with van der Waals surface area (Å²) in [5.74, 6) is -1.12. The minimum atomic E-state index is -1.01. The molecule has 3 rings (SSSR count). The zero-order valence-corrected chi connectivity index (χ0v) is 14.2. The largest absolute Gasteiger partial charge is 0.478 e. The molecule has 1 aliphatic rings. The van der Waals surface area contributed by atoms with Crippen LogP contribution in [-0.4, -0.2) is 34.4 Å². The molecule has 0 bridgehead atoms. The quantitative estimate of drug-likeness (QED) is 0.451. The molecule has 0 saturated heterocycles. The molecule has 1 N–H and O–H groups in total. The summed E-state index contributed by atoms with van der Waals surface area (Å²) in [6.07, 6.45) is -1.01. The minimum absolute atomic E-state index is 0.00387. The Bertz CT molecular complexity index is 975. The Balaban J connectivity index is 1.60. The standard InChI is InChI=1S/C17H13N3O8/c21-16-14(28-15-9-12(20(25)26)4-5-13(15)18-16)6-7-27-17(22)10-2-1-3-11(8-10)19(23)24/h1-5,8-9,14H,6-7H2,(H,18,21). The molecule has 0 radical (unpaired) electrons. The van der Waals surface area contributed by atoms with Crippen LogP contribution in [0, 0.1) is 20.2 Å². The Morgan fingerprint density at radius 3 is 2.54 bits per heavy atom. The molecule has 2 aromatic rings. The van der Waals surface area contributed by atoms with Gasteiger partial charge in [0, 0.05) is 24.6 Å². The Morgan fingerprint density at radius 1 is 1.11 bits per heavy atom. The number of carbonyl (C=O) groups excluding carboxylic acids is 2. The van der Waals surface area contributed by atoms with E-state index in [1.165, 1.54) is 36.4 Å². The van der Waals surface area contributed by atoms with Crippen LogP contribution in [0.2, 0.25) is 0 Å². The summed E-state index contributed by atoms with van der Waals surface area (Å²) < 4.78 is 10.5. The lowest BCUT2D eigenvalue weighted by Crippen LogP contribution is -2.38. The molecule has 0 spiro atoms. The molecule has 1 aliphatic heterocycles. The second-order valence-electron chi connectivity index (χ2n) is 5.77. The van der Waals surface area contributed by atoms with Gasteiger partial charge in [0.25, 0.3) is 17.3 Å². The van der Waals surface area contributed by atoms with Crippen LogP contribution in [0.1, 0.15) is 16.8 Å². The van der Waals surface area contributed by atoms with Crippen LogP contribution in [0.25, 0.3) is 0 Å². The predicted octanol–water partition coefficient (Wildman–Crippen LogP) is 2.45. The molecule has 2 aromatic carbocycles. The van der Waals surface area contributed by atoms with Gasteiger partial charge in [-0.2, -0.15) is 0 Å². The maximum Gasteiger partial charge on any atom is 0.338 e. The first-order valence-electron chi connectivity index (χ1n) is 8.02. The van der Waals surface area contributed by atoms with E-state index in [4.69, 9.17) is 9.47 Å². The molecule has 11 nitrogen and oxygen atoms in total. The van der Waals surface area contributed by atoms with E-state index in [0.717, 1.165) is 6.07 Å². The molecule has 1 unspecified atom stereocenters. The number of non-ortho nitro benzene ring substituents is 2. The summed E-state index contributed by atoms with van der Waals surface area (Å²) in [4.78, 5) is 44.4. The van der Waals surface area contributed by atoms with E-state index < -0.39 is 27.8 Å². The van der Waals surface area contributed by atoms with Gasteiger partial charge in [0.15, 0.2) is 11.9 Å². The number of carbonyl (C=O) groups is 2. The first-order valence-corrected chi connectivity index (χ1v) is 8.02. The molecular formula is C17H13N3O8. The van der Waals surface area contributed by atoms with Crippen LogP contribution in [0.3, 0.4) is 0 Å². The highest BCUT2D eigenvalue weighted by molar-refractivity contribution is 5.98. The van der Waals surface area contributed by atoms with Crippen LogP contribution in [0.4, 0.5) is 17.1 Å². The first kappa shape index (κ1) is 18.8. The number of hydrogen-bond acceptors (Lipinski definition) is 8. The van der Waals surface area contributed by atoms with Crippen molar-refractivity contribution in [2.75, 3.05) is 11.9 Å². The van der Waals surface area contributed by atoms with E-state index in [2.05, 4.69) is 5.32 Å². The van der Waals surface area contributed by atoms with Crippen molar-refractivity contribution < 1.29 is 28.9 Å². The van der Waals surface area contributed by atoms with Crippen LogP contribution in [-0.2, 0) is 9.53 Å². The number of nitrogens with zero attached hydrogens (tertiary/aromatic N) is 2. The van der Waals surface area contributed by atoms with E-state index in [9.17, 15) is 29.8 Å². The molecule has 28 heavy (non-hydrogen) atoms. The zero-order valence-electron chi connectivity index (χ0n) is 14.2. The Hall–Kier alpha value is -4.02. The number of anilines is 1. The van der Waals surface area contributed by atoms with Crippen molar-refractivity contribution in [3.05, 3.63) is 68.3 Å². The number of nitrogens with one attached hydrogen (secondary N) is 1. The summed E-state index contributed by atoms with van der Waals surface area (Å²) in [7, 11) is 0. The summed E-state index contributed by atoms with van der Waals surface area (Å²) in [6, 6.07) is 8.85. The number of hydrogen-bond donors (Lipinski definition) is 1. The van der Waals surface area contributed by atoms with Crippen LogP contribution in [0.15, 0.2) is 42.5 Å². The van der Waals surface area contributed by atoms with Crippen molar-refractivity contribution in [2.45, 2.75) is 12.5 Å². The first-order chi connectivity index (χ1) is 13.3. The third-order valence-electron chi connectivity index (χ3n) is 3.90. The van der Waals surface area contributed by atoms with Crippen LogP contribution >= 0.6 is 0 Å². The molecule has 1 heterocycles.